The van der Waals surface area contributed by atoms with Crippen LogP contribution in [0.2, 0.25) is 0 Å². The molecule has 3 unspecified atom stereocenters. The highest BCUT2D eigenvalue weighted by Gasteiger charge is 2.43. The molecular weight excluding hydrogens is 645 g/mol. The molecule has 2 heterocycles. The van der Waals surface area contributed by atoms with Crippen molar-refractivity contribution in [2.75, 3.05) is 20.1 Å². The Balaban J connectivity index is 1.72. The number of ketones is 1. The summed E-state index contributed by atoms with van der Waals surface area (Å²) >= 11 is 1.11. The zero-order valence-electron chi connectivity index (χ0n) is 28.8. The van der Waals surface area contributed by atoms with Crippen LogP contribution < -0.4 is 21.3 Å². The van der Waals surface area contributed by atoms with E-state index < -0.39 is 74.6 Å². The molecule has 3 rings (SSSR count). The van der Waals surface area contributed by atoms with E-state index in [0.29, 0.717) is 19.3 Å². The molecule has 0 aromatic carbocycles. The largest absolute Gasteiger partial charge is 0.347 e. The van der Waals surface area contributed by atoms with Gasteiger partial charge in [0.25, 0.3) is 15.9 Å². The van der Waals surface area contributed by atoms with Gasteiger partial charge in [0.2, 0.25) is 17.6 Å². The zero-order valence-corrected chi connectivity index (χ0v) is 30.5. The Labute approximate surface area is 283 Å². The van der Waals surface area contributed by atoms with E-state index in [0.717, 1.165) is 24.2 Å². The van der Waals surface area contributed by atoms with Gasteiger partial charge in [0.15, 0.2) is 0 Å². The Hall–Kier alpha value is -3.04. The van der Waals surface area contributed by atoms with Crippen molar-refractivity contribution in [3.8, 4) is 0 Å². The van der Waals surface area contributed by atoms with Crippen molar-refractivity contribution in [1.29, 1.82) is 0 Å². The fourth-order valence-corrected chi connectivity index (χ4v) is 7.76. The van der Waals surface area contributed by atoms with E-state index in [1.54, 1.807) is 32.2 Å². The highest BCUT2D eigenvalue weighted by Crippen LogP contribution is 2.28. The van der Waals surface area contributed by atoms with E-state index in [1.165, 1.54) is 22.3 Å². The van der Waals surface area contributed by atoms with Crippen molar-refractivity contribution in [3.05, 3.63) is 17.5 Å². The first kappa shape index (κ1) is 38.4. The van der Waals surface area contributed by atoms with Crippen molar-refractivity contribution >= 4 is 50.9 Å². The lowest BCUT2D eigenvalue weighted by Crippen LogP contribution is -2.61. The predicted octanol–water partition coefficient (Wildman–Crippen LogP) is 2.62. The number of likely N-dealkylation sites (N-methyl/N-ethyl adjacent to an activating group) is 1. The number of hydrogen-bond acceptors (Lipinski definition) is 8. The summed E-state index contributed by atoms with van der Waals surface area (Å²) in [5.41, 5.74) is -1.30. The Morgan fingerprint density at radius 1 is 1.00 bits per heavy atom. The molecule has 5 amide bonds. The van der Waals surface area contributed by atoms with Gasteiger partial charge in [-0.2, -0.15) is 4.31 Å². The molecule has 1 aromatic heterocycles. The number of rotatable bonds is 14. The van der Waals surface area contributed by atoms with Gasteiger partial charge in [-0.25, -0.2) is 13.2 Å². The van der Waals surface area contributed by atoms with E-state index >= 15 is 0 Å². The maximum atomic E-state index is 14.0. The van der Waals surface area contributed by atoms with Crippen molar-refractivity contribution in [1.82, 2.24) is 30.5 Å². The third kappa shape index (κ3) is 10.2. The molecule has 1 aromatic rings. The van der Waals surface area contributed by atoms with Crippen LogP contribution in [0, 0.1) is 10.8 Å². The second kappa shape index (κ2) is 15.5. The molecule has 1 saturated heterocycles. The summed E-state index contributed by atoms with van der Waals surface area (Å²) in [5.74, 6) is -2.37. The van der Waals surface area contributed by atoms with Gasteiger partial charge >= 0.3 is 6.03 Å². The maximum absolute atomic E-state index is 14.0. The van der Waals surface area contributed by atoms with Crippen LogP contribution in [0.1, 0.15) is 87.0 Å². The van der Waals surface area contributed by atoms with Gasteiger partial charge in [0.1, 0.15) is 16.3 Å². The Morgan fingerprint density at radius 3 is 2.19 bits per heavy atom. The number of likely N-dealkylation sites (tertiary alicyclic amines) is 1. The molecule has 1 saturated carbocycles. The highest BCUT2D eigenvalue weighted by molar-refractivity contribution is 7.91. The van der Waals surface area contributed by atoms with Crippen molar-refractivity contribution in [3.63, 3.8) is 0 Å². The van der Waals surface area contributed by atoms with E-state index in [9.17, 15) is 32.4 Å². The lowest BCUT2D eigenvalue weighted by Gasteiger charge is -2.37. The summed E-state index contributed by atoms with van der Waals surface area (Å²) in [4.78, 5) is 67.7. The van der Waals surface area contributed by atoms with Crippen LogP contribution in [0.3, 0.4) is 0 Å². The Bertz CT molecular complexity index is 1400. The van der Waals surface area contributed by atoms with Crippen molar-refractivity contribution < 1.29 is 32.4 Å². The van der Waals surface area contributed by atoms with Crippen LogP contribution in [-0.4, -0.2) is 97.5 Å². The molecule has 15 heteroatoms. The van der Waals surface area contributed by atoms with Crippen molar-refractivity contribution in [2.24, 2.45) is 10.8 Å². The lowest BCUT2D eigenvalue weighted by molar-refractivity contribution is -0.143. The van der Waals surface area contributed by atoms with Gasteiger partial charge in [0.05, 0.1) is 6.04 Å². The first-order chi connectivity index (χ1) is 21.8. The lowest BCUT2D eigenvalue weighted by atomic mass is 9.85. The minimum atomic E-state index is -3.76. The molecule has 0 spiro atoms. The number of nitrogens with one attached hydrogen (secondary N) is 4. The normalized spacial score (nSPS) is 19.1. The quantitative estimate of drug-likeness (QED) is 0.216. The van der Waals surface area contributed by atoms with Gasteiger partial charge < -0.3 is 26.2 Å². The SMILES string of the molecule is CCCC(NC(=O)C1CCCN1C(=O)[C@@H](NC(=O)NC(CN(C)S(=O)(=O)c1cccs1)C(C)(C)C)C(C)(C)C)C(=O)C(=O)NC1CC1. The number of nitrogens with zero attached hydrogens (tertiary/aromatic N) is 2. The fourth-order valence-electron chi connectivity index (χ4n) is 5.37. The summed E-state index contributed by atoms with van der Waals surface area (Å²) < 4.78 is 27.6. The van der Waals surface area contributed by atoms with E-state index in [1.807, 2.05) is 27.7 Å². The number of sulfonamides is 1. The smallest absolute Gasteiger partial charge is 0.315 e. The third-order valence-electron chi connectivity index (χ3n) is 8.52. The van der Waals surface area contributed by atoms with Gasteiger partial charge in [0, 0.05) is 32.2 Å². The molecule has 2 aliphatic rings. The van der Waals surface area contributed by atoms with Gasteiger partial charge in [-0.3, -0.25) is 19.2 Å². The average molecular weight is 697 g/mol. The van der Waals surface area contributed by atoms with Crippen molar-refractivity contribution in [2.45, 2.75) is 121 Å². The molecular formula is C32H52N6O7S2. The summed E-state index contributed by atoms with van der Waals surface area (Å²) in [7, 11) is -2.30. The summed E-state index contributed by atoms with van der Waals surface area (Å²) in [5, 5.41) is 12.8. The molecule has 13 nitrogen and oxygen atoms in total. The summed E-state index contributed by atoms with van der Waals surface area (Å²) in [6.45, 7) is 13.2. The van der Waals surface area contributed by atoms with Crippen LogP contribution in [0.25, 0.3) is 0 Å². The van der Waals surface area contributed by atoms with Crippen LogP contribution in [0.5, 0.6) is 0 Å². The first-order valence-electron chi connectivity index (χ1n) is 16.3. The Kier molecular flexibility index (Phi) is 12.6. The predicted molar refractivity (Wildman–Crippen MR) is 180 cm³/mol. The monoisotopic (exact) mass is 696 g/mol. The number of carbonyl (C=O) groups is 5. The summed E-state index contributed by atoms with van der Waals surface area (Å²) in [6.07, 6.45) is 3.44. The second-order valence-corrected chi connectivity index (χ2v) is 17.9. The second-order valence-electron chi connectivity index (χ2n) is 14.7. The molecule has 2 fully saturated rings. The molecule has 1 aliphatic heterocycles. The zero-order chi connectivity index (χ0) is 35.3. The topological polar surface area (TPSA) is 174 Å². The van der Waals surface area contributed by atoms with Gasteiger partial charge in [-0.1, -0.05) is 61.0 Å². The molecule has 47 heavy (non-hydrogen) atoms. The molecule has 0 bridgehead atoms. The molecule has 0 radical (unpaired) electrons. The van der Waals surface area contributed by atoms with Crippen LogP contribution >= 0.6 is 11.3 Å². The van der Waals surface area contributed by atoms with Crippen LogP contribution in [0.4, 0.5) is 4.79 Å². The molecule has 264 valence electrons. The minimum absolute atomic E-state index is 0.00399. The van der Waals surface area contributed by atoms with E-state index in [4.69, 9.17) is 0 Å². The Morgan fingerprint density at radius 2 is 1.66 bits per heavy atom. The number of amides is 5. The van der Waals surface area contributed by atoms with Crippen LogP contribution in [-0.2, 0) is 29.2 Å². The van der Waals surface area contributed by atoms with E-state index in [-0.39, 0.29) is 29.8 Å². The molecule has 4 N–H and O–H groups in total. The van der Waals surface area contributed by atoms with Gasteiger partial charge in [-0.05, 0) is 54.4 Å². The molecule has 4 atom stereocenters. The van der Waals surface area contributed by atoms with Crippen LogP contribution in [0.15, 0.2) is 21.7 Å². The fraction of sp³-hybridized carbons (Fsp3) is 0.719. The summed E-state index contributed by atoms with van der Waals surface area (Å²) in [6, 6.07) is -0.956. The number of urea groups is 1. The molecule has 1 aliphatic carbocycles. The number of hydrogen-bond donors (Lipinski definition) is 4. The highest BCUT2D eigenvalue weighted by atomic mass is 32.2. The van der Waals surface area contributed by atoms with E-state index in [2.05, 4.69) is 21.3 Å². The number of Topliss-reactive ketones (excluding diaryl/α,β-unsaturated/α-hetero) is 1. The maximum Gasteiger partial charge on any atom is 0.315 e. The first-order valence-corrected chi connectivity index (χ1v) is 18.6. The third-order valence-corrected chi connectivity index (χ3v) is 11.7. The number of thiophene rings is 1. The minimum Gasteiger partial charge on any atom is -0.347 e. The van der Waals surface area contributed by atoms with Gasteiger partial charge in [-0.15, -0.1) is 11.3 Å². The number of carbonyl (C=O) groups excluding carboxylic acids is 5. The average Bonchev–Trinajstić information content (AvgIpc) is 3.40. The standard InChI is InChI=1S/C32H52N6O7S2/c1-9-12-21(25(39)28(41)33-20-15-16-20)34-27(40)22-13-10-17-38(22)29(42)26(32(5,6)7)36-30(43)35-23(31(2,3)4)19-37(8)47(44,45)24-14-11-18-46-24/h11,14,18,20-23,26H,9-10,12-13,15-17,19H2,1-8H3,(H,33,41)(H,34,40)(H2,35,36,43)/t21?,22?,23?,26-/m1/s1.